The van der Waals surface area contributed by atoms with Crippen molar-refractivity contribution in [3.05, 3.63) is 11.3 Å². The summed E-state index contributed by atoms with van der Waals surface area (Å²) in [6.07, 6.45) is 0. The topological polar surface area (TPSA) is 41.8 Å². The Morgan fingerprint density at radius 2 is 2.20 bits per heavy atom. The number of rotatable bonds is 1. The summed E-state index contributed by atoms with van der Waals surface area (Å²) in [5.74, 6) is 0.00519. The Kier molecular flexibility index (Phi) is 1.66. The van der Waals surface area contributed by atoms with Crippen molar-refractivity contribution in [3.63, 3.8) is 0 Å². The maximum atomic E-state index is 10.8. The van der Waals surface area contributed by atoms with Crippen LogP contribution in [0.4, 0.5) is 0 Å². The highest BCUT2D eigenvalue weighted by Gasteiger charge is 2.17. The summed E-state index contributed by atoms with van der Waals surface area (Å²) in [4.78, 5) is 10.8. The standard InChI is InChI=1S/C7H10N2O/c1-4-5(2)8-9-7(4)6(3)10/h5H,1-3H3. The van der Waals surface area contributed by atoms with Crippen molar-refractivity contribution in [1.82, 2.24) is 0 Å². The minimum absolute atomic E-state index is 0.00519. The van der Waals surface area contributed by atoms with E-state index in [1.165, 1.54) is 6.92 Å². The molecule has 1 heterocycles. The van der Waals surface area contributed by atoms with Crippen LogP contribution in [0.25, 0.3) is 0 Å². The van der Waals surface area contributed by atoms with Crippen molar-refractivity contribution < 1.29 is 4.79 Å². The van der Waals surface area contributed by atoms with Gasteiger partial charge in [-0.1, -0.05) is 0 Å². The van der Waals surface area contributed by atoms with Gasteiger partial charge in [-0.3, -0.25) is 4.79 Å². The Bertz CT molecular complexity index is 228. The molecule has 0 aromatic carbocycles. The van der Waals surface area contributed by atoms with E-state index in [-0.39, 0.29) is 11.8 Å². The van der Waals surface area contributed by atoms with E-state index in [0.29, 0.717) is 5.70 Å². The number of Topliss-reactive ketones (excluding diaryl/α,β-unsaturated/α-hetero) is 1. The molecule has 1 unspecified atom stereocenters. The van der Waals surface area contributed by atoms with Crippen molar-refractivity contribution in [2.75, 3.05) is 0 Å². The van der Waals surface area contributed by atoms with Crippen molar-refractivity contribution in [3.8, 4) is 0 Å². The fourth-order valence-electron chi connectivity index (χ4n) is 0.856. The van der Waals surface area contributed by atoms with E-state index in [0.717, 1.165) is 5.57 Å². The van der Waals surface area contributed by atoms with Crippen molar-refractivity contribution >= 4 is 5.78 Å². The number of ketones is 1. The average Bonchev–Trinajstić information content (AvgIpc) is 2.14. The second-order valence-corrected chi connectivity index (χ2v) is 2.48. The van der Waals surface area contributed by atoms with Crippen LogP contribution in [0.2, 0.25) is 0 Å². The molecule has 54 valence electrons. The van der Waals surface area contributed by atoms with Crippen LogP contribution in [0.3, 0.4) is 0 Å². The molecule has 0 aromatic rings. The maximum absolute atomic E-state index is 10.8. The van der Waals surface area contributed by atoms with E-state index in [1.54, 1.807) is 0 Å². The minimum atomic E-state index is 0.00519. The largest absolute Gasteiger partial charge is 0.293 e. The Labute approximate surface area is 59.8 Å². The number of nitrogens with zero attached hydrogens (tertiary/aromatic N) is 2. The van der Waals surface area contributed by atoms with E-state index < -0.39 is 0 Å². The van der Waals surface area contributed by atoms with Gasteiger partial charge in [0.2, 0.25) is 0 Å². The summed E-state index contributed by atoms with van der Waals surface area (Å²) < 4.78 is 0. The van der Waals surface area contributed by atoms with Crippen LogP contribution in [0.1, 0.15) is 20.8 Å². The highest BCUT2D eigenvalue weighted by atomic mass is 16.1. The number of carbonyl (C=O) groups excluding carboxylic acids is 1. The van der Waals surface area contributed by atoms with Gasteiger partial charge in [0.25, 0.3) is 0 Å². The van der Waals surface area contributed by atoms with E-state index in [9.17, 15) is 4.79 Å². The van der Waals surface area contributed by atoms with E-state index in [4.69, 9.17) is 0 Å². The van der Waals surface area contributed by atoms with Gasteiger partial charge in [0, 0.05) is 6.92 Å². The highest BCUT2D eigenvalue weighted by molar-refractivity contribution is 5.94. The summed E-state index contributed by atoms with van der Waals surface area (Å²) in [6.45, 7) is 5.33. The van der Waals surface area contributed by atoms with E-state index in [2.05, 4.69) is 10.2 Å². The third-order valence-corrected chi connectivity index (χ3v) is 1.66. The summed E-state index contributed by atoms with van der Waals surface area (Å²) in [5, 5.41) is 7.60. The summed E-state index contributed by atoms with van der Waals surface area (Å²) >= 11 is 0. The van der Waals surface area contributed by atoms with E-state index in [1.807, 2.05) is 13.8 Å². The SMILES string of the molecule is CC(=O)C1=C(C)C(C)N=N1. The van der Waals surface area contributed by atoms with Crippen LogP contribution in [-0.2, 0) is 4.79 Å². The number of carbonyl (C=O) groups is 1. The lowest BCUT2D eigenvalue weighted by molar-refractivity contribution is -0.113. The lowest BCUT2D eigenvalue weighted by Crippen LogP contribution is -1.99. The zero-order valence-electron chi connectivity index (χ0n) is 6.38. The Morgan fingerprint density at radius 1 is 1.60 bits per heavy atom. The fourth-order valence-corrected chi connectivity index (χ4v) is 0.856. The Morgan fingerprint density at radius 3 is 2.40 bits per heavy atom. The Hall–Kier alpha value is -0.990. The first-order chi connectivity index (χ1) is 4.63. The molecule has 1 aliphatic rings. The first-order valence-corrected chi connectivity index (χ1v) is 3.25. The lowest BCUT2D eigenvalue weighted by Gasteiger charge is -1.96. The van der Waals surface area contributed by atoms with Gasteiger partial charge in [-0.05, 0) is 19.4 Å². The molecule has 0 radical (unpaired) electrons. The minimum Gasteiger partial charge on any atom is -0.293 e. The third-order valence-electron chi connectivity index (χ3n) is 1.66. The molecule has 0 spiro atoms. The zero-order chi connectivity index (χ0) is 7.72. The molecule has 3 nitrogen and oxygen atoms in total. The van der Waals surface area contributed by atoms with Crippen molar-refractivity contribution in [2.24, 2.45) is 10.2 Å². The molecule has 0 N–H and O–H groups in total. The molecular formula is C7H10N2O. The number of hydrogen-bond donors (Lipinski definition) is 0. The average molecular weight is 138 g/mol. The van der Waals surface area contributed by atoms with Gasteiger partial charge in [-0.2, -0.15) is 10.2 Å². The number of hydrogen-bond acceptors (Lipinski definition) is 3. The van der Waals surface area contributed by atoms with Gasteiger partial charge >= 0.3 is 0 Å². The molecule has 1 aliphatic heterocycles. The lowest BCUT2D eigenvalue weighted by atomic mass is 10.1. The number of azo groups is 1. The van der Waals surface area contributed by atoms with Crippen LogP contribution < -0.4 is 0 Å². The molecule has 3 heteroatoms. The molecule has 0 aromatic heterocycles. The monoisotopic (exact) mass is 138 g/mol. The first-order valence-electron chi connectivity index (χ1n) is 3.25. The van der Waals surface area contributed by atoms with Gasteiger partial charge in [0.15, 0.2) is 5.78 Å². The second kappa shape index (κ2) is 2.33. The normalized spacial score (nSPS) is 24.1. The summed E-state index contributed by atoms with van der Waals surface area (Å²) in [6, 6.07) is 0.0962. The van der Waals surface area contributed by atoms with Crippen molar-refractivity contribution in [2.45, 2.75) is 26.8 Å². The molecule has 10 heavy (non-hydrogen) atoms. The van der Waals surface area contributed by atoms with Crippen LogP contribution in [0.15, 0.2) is 21.5 Å². The van der Waals surface area contributed by atoms with Gasteiger partial charge in [0.05, 0.1) is 6.04 Å². The molecular weight excluding hydrogens is 128 g/mol. The molecule has 0 fully saturated rings. The third kappa shape index (κ3) is 0.988. The molecule has 1 atom stereocenters. The first kappa shape index (κ1) is 7.12. The van der Waals surface area contributed by atoms with Crippen LogP contribution in [0, 0.1) is 0 Å². The van der Waals surface area contributed by atoms with Gasteiger partial charge in [-0.25, -0.2) is 0 Å². The quantitative estimate of drug-likeness (QED) is 0.543. The second-order valence-electron chi connectivity index (χ2n) is 2.48. The van der Waals surface area contributed by atoms with Crippen LogP contribution in [-0.4, -0.2) is 11.8 Å². The number of allylic oxidation sites excluding steroid dienone is 1. The fraction of sp³-hybridized carbons (Fsp3) is 0.571. The molecule has 0 saturated carbocycles. The van der Waals surface area contributed by atoms with Crippen LogP contribution >= 0.6 is 0 Å². The molecule has 0 amide bonds. The summed E-state index contributed by atoms with van der Waals surface area (Å²) in [5.41, 5.74) is 1.51. The molecule has 0 bridgehead atoms. The molecule has 0 saturated heterocycles. The van der Waals surface area contributed by atoms with Crippen molar-refractivity contribution in [1.29, 1.82) is 0 Å². The Balaban J connectivity index is 2.96. The van der Waals surface area contributed by atoms with Gasteiger partial charge in [-0.15, -0.1) is 0 Å². The maximum Gasteiger partial charge on any atom is 0.180 e. The zero-order valence-corrected chi connectivity index (χ0v) is 6.38. The smallest absolute Gasteiger partial charge is 0.180 e. The predicted octanol–water partition coefficient (Wildman–Crippen LogP) is 1.70. The highest BCUT2D eigenvalue weighted by Crippen LogP contribution is 2.21. The van der Waals surface area contributed by atoms with Gasteiger partial charge < -0.3 is 0 Å². The molecule has 1 rings (SSSR count). The predicted molar refractivity (Wildman–Crippen MR) is 37.7 cm³/mol. The summed E-state index contributed by atoms with van der Waals surface area (Å²) in [7, 11) is 0. The van der Waals surface area contributed by atoms with Gasteiger partial charge in [0.1, 0.15) is 5.70 Å². The van der Waals surface area contributed by atoms with E-state index >= 15 is 0 Å². The van der Waals surface area contributed by atoms with Crippen LogP contribution in [0.5, 0.6) is 0 Å². The molecule has 0 aliphatic carbocycles.